The fourth-order valence-electron chi connectivity index (χ4n) is 0.715. The van der Waals surface area contributed by atoms with Gasteiger partial charge in [0.05, 0.1) is 12.0 Å². The molecular formula is C11H18NO5. The standard InChI is InChI=1S/C11H18NO5/c1-7(13)6-12-10(15)17-8(2)16-9(14)11(3,4)5/h8H,1,6H2,2-5H3,(H,12,15). The molecule has 0 aromatic carbocycles. The van der Waals surface area contributed by atoms with Crippen molar-refractivity contribution in [3.05, 3.63) is 6.92 Å². The van der Waals surface area contributed by atoms with Crippen molar-refractivity contribution in [3.8, 4) is 0 Å². The topological polar surface area (TPSA) is 81.7 Å². The Morgan fingerprint density at radius 2 is 1.76 bits per heavy atom. The summed E-state index contributed by atoms with van der Waals surface area (Å²) in [4.78, 5) is 33.0. The van der Waals surface area contributed by atoms with E-state index in [-0.39, 0.29) is 6.54 Å². The SMILES string of the molecule is [CH2]C(=O)CNC(=O)OC(C)OC(=O)C(C)(C)C. The van der Waals surface area contributed by atoms with Crippen molar-refractivity contribution in [3.63, 3.8) is 0 Å². The Bertz CT molecular complexity index is 305. The van der Waals surface area contributed by atoms with Gasteiger partial charge < -0.3 is 14.8 Å². The molecule has 0 aliphatic rings. The highest BCUT2D eigenvalue weighted by Gasteiger charge is 2.26. The molecule has 0 fully saturated rings. The molecule has 6 nitrogen and oxygen atoms in total. The second-order valence-corrected chi connectivity index (χ2v) is 4.52. The van der Waals surface area contributed by atoms with Gasteiger partial charge in [-0.3, -0.25) is 9.59 Å². The largest absolute Gasteiger partial charge is 0.425 e. The number of amides is 1. The Morgan fingerprint density at radius 3 is 2.18 bits per heavy atom. The Balaban J connectivity index is 4.02. The summed E-state index contributed by atoms with van der Waals surface area (Å²) in [6, 6.07) is 0. The Hall–Kier alpha value is -1.59. The normalized spacial score (nSPS) is 12.5. The van der Waals surface area contributed by atoms with E-state index in [1.54, 1.807) is 20.8 Å². The number of hydrogen-bond acceptors (Lipinski definition) is 5. The van der Waals surface area contributed by atoms with E-state index in [0.29, 0.717) is 0 Å². The van der Waals surface area contributed by atoms with Crippen molar-refractivity contribution in [2.75, 3.05) is 6.54 Å². The van der Waals surface area contributed by atoms with Crippen molar-refractivity contribution >= 4 is 17.8 Å². The van der Waals surface area contributed by atoms with Gasteiger partial charge in [-0.15, -0.1) is 0 Å². The number of esters is 1. The highest BCUT2D eigenvalue weighted by Crippen LogP contribution is 2.16. The summed E-state index contributed by atoms with van der Waals surface area (Å²) in [6.45, 7) is 9.32. The number of nitrogens with one attached hydrogen (secondary N) is 1. The molecule has 17 heavy (non-hydrogen) atoms. The predicted octanol–water partition coefficient (Wildman–Crippen LogP) is 1.05. The number of ketones is 1. The van der Waals surface area contributed by atoms with E-state index in [1.165, 1.54) is 6.92 Å². The van der Waals surface area contributed by atoms with Gasteiger partial charge in [-0.2, -0.15) is 0 Å². The Labute approximate surface area is 101 Å². The van der Waals surface area contributed by atoms with Gasteiger partial charge in [-0.1, -0.05) is 0 Å². The second kappa shape index (κ2) is 6.22. The van der Waals surface area contributed by atoms with Crippen LogP contribution in [-0.2, 0) is 19.1 Å². The average molecular weight is 244 g/mol. The van der Waals surface area contributed by atoms with E-state index < -0.39 is 29.6 Å². The lowest BCUT2D eigenvalue weighted by molar-refractivity contribution is -0.174. The van der Waals surface area contributed by atoms with Gasteiger partial charge in [-0.05, 0) is 20.8 Å². The zero-order valence-electron chi connectivity index (χ0n) is 10.5. The van der Waals surface area contributed by atoms with E-state index in [2.05, 4.69) is 12.2 Å². The zero-order chi connectivity index (χ0) is 13.6. The molecule has 0 bridgehead atoms. The number of rotatable bonds is 4. The molecule has 0 saturated heterocycles. The molecule has 1 atom stereocenters. The van der Waals surface area contributed by atoms with Crippen LogP contribution in [0.15, 0.2) is 0 Å². The quantitative estimate of drug-likeness (QED) is 0.590. The van der Waals surface area contributed by atoms with Gasteiger partial charge in [0.1, 0.15) is 0 Å². The molecule has 1 amide bonds. The van der Waals surface area contributed by atoms with E-state index >= 15 is 0 Å². The van der Waals surface area contributed by atoms with Crippen LogP contribution in [0, 0.1) is 12.3 Å². The fraction of sp³-hybridized carbons (Fsp3) is 0.636. The zero-order valence-corrected chi connectivity index (χ0v) is 10.5. The van der Waals surface area contributed by atoms with Crippen molar-refractivity contribution in [2.24, 2.45) is 5.41 Å². The van der Waals surface area contributed by atoms with Crippen LogP contribution in [-0.4, -0.2) is 30.7 Å². The number of hydrogen-bond donors (Lipinski definition) is 1. The first kappa shape index (κ1) is 15.4. The van der Waals surface area contributed by atoms with Crippen molar-refractivity contribution < 1.29 is 23.9 Å². The molecule has 1 radical (unpaired) electrons. The monoisotopic (exact) mass is 244 g/mol. The van der Waals surface area contributed by atoms with Crippen LogP contribution >= 0.6 is 0 Å². The molecule has 97 valence electrons. The van der Waals surface area contributed by atoms with Crippen LogP contribution in [0.25, 0.3) is 0 Å². The Morgan fingerprint density at radius 1 is 1.24 bits per heavy atom. The number of carbonyl (C=O) groups is 3. The number of carbonyl (C=O) groups excluding carboxylic acids is 3. The number of alkyl carbamates (subject to hydrolysis) is 1. The van der Waals surface area contributed by atoms with Gasteiger partial charge in [0.2, 0.25) is 6.29 Å². The van der Waals surface area contributed by atoms with Gasteiger partial charge >= 0.3 is 12.1 Å². The van der Waals surface area contributed by atoms with Crippen LogP contribution in [0.1, 0.15) is 27.7 Å². The molecule has 6 heteroatoms. The maximum Gasteiger partial charge on any atom is 0.410 e. The highest BCUT2D eigenvalue weighted by atomic mass is 16.7. The predicted molar refractivity (Wildman–Crippen MR) is 59.9 cm³/mol. The van der Waals surface area contributed by atoms with Crippen LogP contribution in [0.2, 0.25) is 0 Å². The van der Waals surface area contributed by atoms with Crippen LogP contribution < -0.4 is 5.32 Å². The van der Waals surface area contributed by atoms with Crippen molar-refractivity contribution in [2.45, 2.75) is 34.0 Å². The molecule has 0 aliphatic heterocycles. The Kier molecular flexibility index (Phi) is 5.64. The third-order valence-corrected chi connectivity index (χ3v) is 1.59. The van der Waals surface area contributed by atoms with E-state index in [0.717, 1.165) is 0 Å². The maximum absolute atomic E-state index is 11.4. The van der Waals surface area contributed by atoms with Gasteiger partial charge in [0.25, 0.3) is 0 Å². The number of Topliss-reactive ketones (excluding diaryl/α,β-unsaturated/α-hetero) is 1. The lowest BCUT2D eigenvalue weighted by atomic mass is 9.97. The summed E-state index contributed by atoms with van der Waals surface area (Å²) in [6.07, 6.45) is -1.85. The van der Waals surface area contributed by atoms with Crippen LogP contribution in [0.5, 0.6) is 0 Å². The summed E-state index contributed by atoms with van der Waals surface area (Å²) in [5.74, 6) is -0.924. The molecule has 0 spiro atoms. The smallest absolute Gasteiger partial charge is 0.410 e. The van der Waals surface area contributed by atoms with E-state index in [1.807, 2.05) is 0 Å². The molecule has 0 saturated carbocycles. The van der Waals surface area contributed by atoms with E-state index in [9.17, 15) is 14.4 Å². The second-order valence-electron chi connectivity index (χ2n) is 4.52. The fourth-order valence-corrected chi connectivity index (χ4v) is 0.715. The minimum Gasteiger partial charge on any atom is -0.425 e. The van der Waals surface area contributed by atoms with Crippen LogP contribution in [0.3, 0.4) is 0 Å². The minimum absolute atomic E-state index is 0.223. The minimum atomic E-state index is -1.01. The lowest BCUT2D eigenvalue weighted by Gasteiger charge is -2.20. The molecule has 0 heterocycles. The molecule has 0 rings (SSSR count). The molecule has 0 aliphatic carbocycles. The molecule has 0 aromatic rings. The third kappa shape index (κ3) is 7.32. The first-order valence-corrected chi connectivity index (χ1v) is 5.13. The third-order valence-electron chi connectivity index (χ3n) is 1.59. The summed E-state index contributed by atoms with van der Waals surface area (Å²) in [5.41, 5.74) is -0.669. The summed E-state index contributed by atoms with van der Waals surface area (Å²) in [7, 11) is 0. The first-order valence-electron chi connectivity index (χ1n) is 5.13. The number of ether oxygens (including phenoxy) is 2. The summed E-state index contributed by atoms with van der Waals surface area (Å²) >= 11 is 0. The first-order chi connectivity index (χ1) is 7.62. The van der Waals surface area contributed by atoms with Crippen molar-refractivity contribution in [1.29, 1.82) is 0 Å². The molecular weight excluding hydrogens is 226 g/mol. The molecule has 1 unspecified atom stereocenters. The van der Waals surface area contributed by atoms with Gasteiger partial charge in [0, 0.05) is 13.8 Å². The highest BCUT2D eigenvalue weighted by molar-refractivity contribution is 5.87. The average Bonchev–Trinajstić information content (AvgIpc) is 2.12. The van der Waals surface area contributed by atoms with E-state index in [4.69, 9.17) is 9.47 Å². The molecule has 0 aromatic heterocycles. The van der Waals surface area contributed by atoms with Crippen LogP contribution in [0.4, 0.5) is 4.79 Å². The maximum atomic E-state index is 11.4. The lowest BCUT2D eigenvalue weighted by Crippen LogP contribution is -2.34. The summed E-state index contributed by atoms with van der Waals surface area (Å²) in [5, 5.41) is 2.16. The van der Waals surface area contributed by atoms with Gasteiger partial charge in [-0.25, -0.2) is 4.79 Å². The van der Waals surface area contributed by atoms with Gasteiger partial charge in [0.15, 0.2) is 5.78 Å². The molecule has 1 N–H and O–H groups in total. The van der Waals surface area contributed by atoms with Crippen molar-refractivity contribution in [1.82, 2.24) is 5.32 Å². The summed E-state index contributed by atoms with van der Waals surface area (Å²) < 4.78 is 9.56.